The Bertz CT molecular complexity index is 846. The van der Waals surface area contributed by atoms with Gasteiger partial charge in [-0.15, -0.1) is 0 Å². The third kappa shape index (κ3) is 3.12. The van der Waals surface area contributed by atoms with Gasteiger partial charge in [0.25, 0.3) is 5.91 Å². The average Bonchev–Trinajstić information content (AvgIpc) is 3.21. The number of amides is 3. The second-order valence-corrected chi connectivity index (χ2v) is 8.54. The van der Waals surface area contributed by atoms with Crippen LogP contribution >= 0.6 is 0 Å². The lowest BCUT2D eigenvalue weighted by molar-refractivity contribution is -0.136. The second kappa shape index (κ2) is 6.97. The molecule has 2 N–H and O–H groups in total. The molecule has 0 spiro atoms. The molecule has 2 saturated heterocycles. The van der Waals surface area contributed by atoms with Crippen LogP contribution in [0.4, 0.5) is 0 Å². The molecule has 1 unspecified atom stereocenters. The van der Waals surface area contributed by atoms with Gasteiger partial charge in [0.2, 0.25) is 11.8 Å². The first-order valence-corrected chi connectivity index (χ1v) is 10.3. The molecule has 0 radical (unpaired) electrons. The Kier molecular flexibility index (Phi) is 4.44. The normalized spacial score (nSPS) is 25.8. The summed E-state index contributed by atoms with van der Waals surface area (Å²) in [7, 11) is 0. The molecule has 1 atom stereocenters. The number of carbonyl (C=O) groups excluding carboxylic acids is 3. The molecule has 1 aromatic carbocycles. The topological polar surface area (TPSA) is 81.8 Å². The van der Waals surface area contributed by atoms with E-state index in [1.807, 2.05) is 6.07 Å². The predicted molar refractivity (Wildman–Crippen MR) is 102 cm³/mol. The van der Waals surface area contributed by atoms with E-state index < -0.39 is 6.04 Å². The first-order valence-electron chi connectivity index (χ1n) is 10.3. The smallest absolute Gasteiger partial charge is 0.255 e. The molecule has 1 aromatic rings. The summed E-state index contributed by atoms with van der Waals surface area (Å²) in [6, 6.07) is 3.67. The van der Waals surface area contributed by atoms with Crippen LogP contribution in [0.2, 0.25) is 0 Å². The Balaban J connectivity index is 1.29. The fourth-order valence-corrected chi connectivity index (χ4v) is 5.10. The number of hydrogen-bond donors (Lipinski definition) is 2. The van der Waals surface area contributed by atoms with E-state index in [1.165, 1.54) is 24.0 Å². The molecule has 0 aliphatic carbocycles. The van der Waals surface area contributed by atoms with Gasteiger partial charge in [0.15, 0.2) is 0 Å². The highest BCUT2D eigenvalue weighted by Crippen LogP contribution is 2.33. The number of carbonyl (C=O) groups is 3. The number of hydrogen-bond acceptors (Lipinski definition) is 5. The van der Waals surface area contributed by atoms with Gasteiger partial charge in [-0.05, 0) is 61.0 Å². The highest BCUT2D eigenvalue weighted by Gasteiger charge is 2.40. The van der Waals surface area contributed by atoms with Gasteiger partial charge < -0.3 is 10.2 Å². The van der Waals surface area contributed by atoms with Crippen LogP contribution in [-0.2, 0) is 29.2 Å². The molecule has 0 aromatic heterocycles. The number of fused-ring (bicyclic) bond motifs is 2. The van der Waals surface area contributed by atoms with Crippen LogP contribution in [0.15, 0.2) is 12.1 Å². The largest absolute Gasteiger partial charge is 0.322 e. The van der Waals surface area contributed by atoms with Gasteiger partial charge in [0, 0.05) is 38.2 Å². The van der Waals surface area contributed by atoms with Crippen molar-refractivity contribution in [3.63, 3.8) is 0 Å². The predicted octanol–water partition coefficient (Wildman–Crippen LogP) is 0.763. The summed E-state index contributed by atoms with van der Waals surface area (Å²) in [6.45, 7) is 5.66. The number of nitrogens with zero attached hydrogens (tertiary/aromatic N) is 2. The van der Waals surface area contributed by atoms with Crippen LogP contribution in [0.3, 0.4) is 0 Å². The van der Waals surface area contributed by atoms with Crippen LogP contribution in [0.25, 0.3) is 0 Å². The van der Waals surface area contributed by atoms with E-state index in [0.717, 1.165) is 49.8 Å². The average molecular weight is 382 g/mol. The molecule has 4 heterocycles. The lowest BCUT2D eigenvalue weighted by atomic mass is 9.98. The van der Waals surface area contributed by atoms with Gasteiger partial charge in [0.05, 0.1) is 0 Å². The summed E-state index contributed by atoms with van der Waals surface area (Å²) < 4.78 is 0. The van der Waals surface area contributed by atoms with Crippen LogP contribution in [0.1, 0.15) is 52.7 Å². The van der Waals surface area contributed by atoms with Crippen molar-refractivity contribution in [1.29, 1.82) is 0 Å². The summed E-state index contributed by atoms with van der Waals surface area (Å²) in [4.78, 5) is 40.7. The third-order valence-corrected chi connectivity index (χ3v) is 6.61. The number of rotatable bonds is 3. The van der Waals surface area contributed by atoms with Crippen molar-refractivity contribution in [3.8, 4) is 0 Å². The van der Waals surface area contributed by atoms with E-state index in [0.29, 0.717) is 19.4 Å². The molecule has 5 rings (SSSR count). The molecule has 4 aliphatic heterocycles. The lowest BCUT2D eigenvalue weighted by Gasteiger charge is -2.29. The molecule has 7 nitrogen and oxygen atoms in total. The second-order valence-electron chi connectivity index (χ2n) is 8.54. The summed E-state index contributed by atoms with van der Waals surface area (Å²) in [5.41, 5.74) is 4.29. The van der Waals surface area contributed by atoms with Crippen molar-refractivity contribution < 1.29 is 14.4 Å². The molecular formula is C21H26N4O3. The van der Waals surface area contributed by atoms with Crippen LogP contribution in [-0.4, -0.2) is 53.2 Å². The molecule has 7 heteroatoms. The minimum absolute atomic E-state index is 0.0795. The highest BCUT2D eigenvalue weighted by atomic mass is 16.2. The molecule has 28 heavy (non-hydrogen) atoms. The molecular weight excluding hydrogens is 356 g/mol. The van der Waals surface area contributed by atoms with E-state index in [2.05, 4.69) is 21.6 Å². The van der Waals surface area contributed by atoms with Crippen molar-refractivity contribution in [2.24, 2.45) is 5.92 Å². The first-order chi connectivity index (χ1) is 13.6. The summed E-state index contributed by atoms with van der Waals surface area (Å²) in [5, 5.41) is 5.78. The van der Waals surface area contributed by atoms with E-state index in [4.69, 9.17) is 0 Å². The Morgan fingerprint density at radius 3 is 2.43 bits per heavy atom. The maximum absolute atomic E-state index is 13.0. The number of benzene rings is 1. The molecule has 3 amide bonds. The van der Waals surface area contributed by atoms with Crippen molar-refractivity contribution >= 4 is 17.7 Å². The summed E-state index contributed by atoms with van der Waals surface area (Å²) in [6.07, 6.45) is 3.18. The summed E-state index contributed by atoms with van der Waals surface area (Å²) in [5.74, 6) is 0.0764. The first kappa shape index (κ1) is 17.8. The van der Waals surface area contributed by atoms with Crippen molar-refractivity contribution in [1.82, 2.24) is 20.4 Å². The monoisotopic (exact) mass is 382 g/mol. The Labute approximate surface area is 164 Å². The molecule has 0 saturated carbocycles. The van der Waals surface area contributed by atoms with Crippen molar-refractivity contribution in [3.05, 3.63) is 34.4 Å². The van der Waals surface area contributed by atoms with E-state index in [1.54, 1.807) is 4.90 Å². The number of nitrogens with one attached hydrogen (secondary N) is 2. The maximum Gasteiger partial charge on any atom is 0.255 e. The summed E-state index contributed by atoms with van der Waals surface area (Å²) >= 11 is 0. The Morgan fingerprint density at radius 1 is 0.929 bits per heavy atom. The van der Waals surface area contributed by atoms with E-state index in [-0.39, 0.29) is 17.7 Å². The highest BCUT2D eigenvalue weighted by molar-refractivity contribution is 6.05. The van der Waals surface area contributed by atoms with Gasteiger partial charge in [-0.25, -0.2) is 0 Å². The number of imide groups is 1. The third-order valence-electron chi connectivity index (χ3n) is 6.61. The van der Waals surface area contributed by atoms with Crippen molar-refractivity contribution in [2.45, 2.75) is 51.4 Å². The maximum atomic E-state index is 13.0. The Morgan fingerprint density at radius 2 is 1.68 bits per heavy atom. The van der Waals surface area contributed by atoms with Crippen LogP contribution in [0.5, 0.6) is 0 Å². The van der Waals surface area contributed by atoms with Gasteiger partial charge in [-0.2, -0.15) is 0 Å². The van der Waals surface area contributed by atoms with Crippen molar-refractivity contribution in [2.75, 3.05) is 19.6 Å². The van der Waals surface area contributed by atoms with Gasteiger partial charge in [-0.3, -0.25) is 24.6 Å². The minimum atomic E-state index is -0.538. The van der Waals surface area contributed by atoms with E-state index in [9.17, 15) is 14.4 Å². The zero-order valence-electron chi connectivity index (χ0n) is 16.0. The fourth-order valence-electron chi connectivity index (χ4n) is 5.10. The van der Waals surface area contributed by atoms with Gasteiger partial charge in [-0.1, -0.05) is 6.07 Å². The molecule has 148 valence electrons. The quantitative estimate of drug-likeness (QED) is 0.755. The van der Waals surface area contributed by atoms with Gasteiger partial charge in [0.1, 0.15) is 6.04 Å². The number of piperidine rings is 2. The standard InChI is InChI=1S/C21H26N4O3/c26-19-2-1-18(20(27)23-19)25-12-16-7-14-10-24(9-13-3-5-22-6-4-13)11-15(14)8-17(16)21(25)28/h7-8,13,18,22H,1-6,9-12H2,(H,23,26,27). The fraction of sp³-hybridized carbons (Fsp3) is 0.571. The molecule has 4 aliphatic rings. The zero-order valence-corrected chi connectivity index (χ0v) is 16.0. The molecule has 0 bridgehead atoms. The minimum Gasteiger partial charge on any atom is -0.322 e. The molecule has 2 fully saturated rings. The van der Waals surface area contributed by atoms with Crippen LogP contribution < -0.4 is 10.6 Å². The van der Waals surface area contributed by atoms with Crippen LogP contribution in [0, 0.1) is 5.92 Å². The van der Waals surface area contributed by atoms with E-state index >= 15 is 0 Å². The zero-order chi connectivity index (χ0) is 19.3. The Hall–Kier alpha value is -2.25. The SMILES string of the molecule is O=C1CCC(N2Cc3cc4c(cc3C2=O)CN(CC2CCNCC2)C4)C(=O)N1. The van der Waals surface area contributed by atoms with Gasteiger partial charge >= 0.3 is 0 Å². The lowest BCUT2D eigenvalue weighted by Crippen LogP contribution is -2.52.